The minimum absolute atomic E-state index is 0.148. The molecule has 0 aliphatic heterocycles. The first-order chi connectivity index (χ1) is 9.77. The molecule has 1 aromatic heterocycles. The van der Waals surface area contributed by atoms with Gasteiger partial charge >= 0.3 is 0 Å². The van der Waals surface area contributed by atoms with Crippen molar-refractivity contribution in [1.82, 2.24) is 15.1 Å². The van der Waals surface area contributed by atoms with E-state index in [0.29, 0.717) is 5.56 Å². The van der Waals surface area contributed by atoms with Crippen LogP contribution in [0.3, 0.4) is 0 Å². The van der Waals surface area contributed by atoms with Gasteiger partial charge in [-0.1, -0.05) is 32.0 Å². The smallest absolute Gasteiger partial charge is 0.128 e. The highest BCUT2D eigenvalue weighted by atomic mass is 19.1. The van der Waals surface area contributed by atoms with E-state index in [0.717, 1.165) is 31.6 Å². The predicted octanol–water partition coefficient (Wildman–Crippen LogP) is 3.52. The number of nitrogens with one attached hydrogen (secondary N) is 1. The molecule has 20 heavy (non-hydrogen) atoms. The average Bonchev–Trinajstić information content (AvgIpc) is 2.90. The van der Waals surface area contributed by atoms with Crippen molar-refractivity contribution in [3.05, 3.63) is 53.6 Å². The number of hydrogen-bond acceptors (Lipinski definition) is 2. The van der Waals surface area contributed by atoms with Crippen LogP contribution in [-0.2, 0) is 6.54 Å². The standard InChI is InChI=1S/C16H22FN3/c1-3-10-18-16(13-7-5-6-8-14(13)17)15-9-11-19-20(15)12-4-2/h5-9,11,16,18H,3-4,10,12H2,1-2H3. The summed E-state index contributed by atoms with van der Waals surface area (Å²) in [4.78, 5) is 0. The third kappa shape index (κ3) is 3.25. The Balaban J connectivity index is 2.37. The highest BCUT2D eigenvalue weighted by Crippen LogP contribution is 2.24. The molecule has 0 bridgehead atoms. The number of hydrogen-bond donors (Lipinski definition) is 1. The molecule has 3 nitrogen and oxygen atoms in total. The van der Waals surface area contributed by atoms with Gasteiger partial charge in [-0.25, -0.2) is 4.39 Å². The van der Waals surface area contributed by atoms with E-state index in [2.05, 4.69) is 24.3 Å². The van der Waals surface area contributed by atoms with Crippen LogP contribution >= 0.6 is 0 Å². The molecular weight excluding hydrogens is 253 g/mol. The van der Waals surface area contributed by atoms with Gasteiger partial charge in [0.25, 0.3) is 0 Å². The Labute approximate surface area is 119 Å². The molecule has 0 radical (unpaired) electrons. The van der Waals surface area contributed by atoms with Crippen LogP contribution in [0, 0.1) is 5.82 Å². The van der Waals surface area contributed by atoms with Crippen molar-refractivity contribution in [3.63, 3.8) is 0 Å². The second kappa shape index (κ2) is 7.20. The maximum atomic E-state index is 14.1. The Morgan fingerprint density at radius 2 is 2.00 bits per heavy atom. The summed E-state index contributed by atoms with van der Waals surface area (Å²) in [5.41, 5.74) is 1.70. The molecular formula is C16H22FN3. The topological polar surface area (TPSA) is 29.9 Å². The SMILES string of the molecule is CCCNC(c1ccccc1F)c1ccnn1CCC. The fourth-order valence-corrected chi connectivity index (χ4v) is 2.36. The van der Waals surface area contributed by atoms with Gasteiger partial charge in [-0.3, -0.25) is 4.68 Å². The van der Waals surface area contributed by atoms with E-state index >= 15 is 0 Å². The van der Waals surface area contributed by atoms with Gasteiger partial charge in [0.05, 0.1) is 11.7 Å². The molecule has 1 aromatic carbocycles. The zero-order valence-electron chi connectivity index (χ0n) is 12.1. The van der Waals surface area contributed by atoms with Gasteiger partial charge < -0.3 is 5.32 Å². The van der Waals surface area contributed by atoms with Crippen molar-refractivity contribution in [3.8, 4) is 0 Å². The number of nitrogens with zero attached hydrogens (tertiary/aromatic N) is 2. The Bertz CT molecular complexity index is 536. The van der Waals surface area contributed by atoms with E-state index in [1.54, 1.807) is 12.3 Å². The number of aryl methyl sites for hydroxylation is 1. The van der Waals surface area contributed by atoms with Crippen LogP contribution < -0.4 is 5.32 Å². The van der Waals surface area contributed by atoms with Crippen LogP contribution in [0.25, 0.3) is 0 Å². The zero-order valence-corrected chi connectivity index (χ0v) is 12.1. The maximum Gasteiger partial charge on any atom is 0.128 e. The van der Waals surface area contributed by atoms with Crippen molar-refractivity contribution >= 4 is 0 Å². The fourth-order valence-electron chi connectivity index (χ4n) is 2.36. The lowest BCUT2D eigenvalue weighted by Gasteiger charge is -2.21. The molecule has 2 rings (SSSR count). The first-order valence-corrected chi connectivity index (χ1v) is 7.27. The quantitative estimate of drug-likeness (QED) is 0.838. The van der Waals surface area contributed by atoms with Crippen LogP contribution in [0.5, 0.6) is 0 Å². The molecule has 0 spiro atoms. The molecule has 0 aliphatic carbocycles. The lowest BCUT2D eigenvalue weighted by molar-refractivity contribution is 0.494. The third-order valence-electron chi connectivity index (χ3n) is 3.30. The van der Waals surface area contributed by atoms with Gasteiger partial charge in [-0.15, -0.1) is 0 Å². The zero-order chi connectivity index (χ0) is 14.4. The number of rotatable bonds is 7. The monoisotopic (exact) mass is 275 g/mol. The second-order valence-corrected chi connectivity index (χ2v) is 4.89. The van der Waals surface area contributed by atoms with Crippen LogP contribution in [0.1, 0.15) is 44.0 Å². The maximum absolute atomic E-state index is 14.1. The van der Waals surface area contributed by atoms with Gasteiger partial charge in [0, 0.05) is 18.3 Å². The van der Waals surface area contributed by atoms with Crippen LogP contribution in [0.2, 0.25) is 0 Å². The van der Waals surface area contributed by atoms with E-state index in [4.69, 9.17) is 0 Å². The molecule has 2 aromatic rings. The highest BCUT2D eigenvalue weighted by Gasteiger charge is 2.20. The van der Waals surface area contributed by atoms with Gasteiger partial charge in [0.15, 0.2) is 0 Å². The predicted molar refractivity (Wildman–Crippen MR) is 79.1 cm³/mol. The van der Waals surface area contributed by atoms with Gasteiger partial charge in [-0.05, 0) is 31.5 Å². The Hall–Kier alpha value is -1.68. The summed E-state index contributed by atoms with van der Waals surface area (Å²) in [7, 11) is 0. The van der Waals surface area contributed by atoms with Crippen molar-refractivity contribution in [2.24, 2.45) is 0 Å². The van der Waals surface area contributed by atoms with E-state index in [9.17, 15) is 4.39 Å². The minimum atomic E-state index is -0.176. The van der Waals surface area contributed by atoms with Crippen molar-refractivity contribution < 1.29 is 4.39 Å². The third-order valence-corrected chi connectivity index (χ3v) is 3.30. The molecule has 1 unspecified atom stereocenters. The lowest BCUT2D eigenvalue weighted by Crippen LogP contribution is -2.26. The molecule has 0 aliphatic rings. The Morgan fingerprint density at radius 1 is 1.20 bits per heavy atom. The summed E-state index contributed by atoms with van der Waals surface area (Å²) in [5.74, 6) is -0.176. The summed E-state index contributed by atoms with van der Waals surface area (Å²) < 4.78 is 16.1. The van der Waals surface area contributed by atoms with Gasteiger partial charge in [0.1, 0.15) is 5.82 Å². The molecule has 0 saturated carbocycles. The normalized spacial score (nSPS) is 12.6. The van der Waals surface area contributed by atoms with Crippen LogP contribution in [-0.4, -0.2) is 16.3 Å². The van der Waals surface area contributed by atoms with Gasteiger partial charge in [-0.2, -0.15) is 5.10 Å². The highest BCUT2D eigenvalue weighted by molar-refractivity contribution is 5.29. The van der Waals surface area contributed by atoms with E-state index in [-0.39, 0.29) is 11.9 Å². The summed E-state index contributed by atoms with van der Waals surface area (Å²) in [5, 5.41) is 7.77. The number of halogens is 1. The van der Waals surface area contributed by atoms with Crippen LogP contribution in [0.4, 0.5) is 4.39 Å². The second-order valence-electron chi connectivity index (χ2n) is 4.89. The summed E-state index contributed by atoms with van der Waals surface area (Å²) in [6.45, 7) is 5.91. The number of benzene rings is 1. The molecule has 1 N–H and O–H groups in total. The van der Waals surface area contributed by atoms with E-state index in [1.165, 1.54) is 6.07 Å². The fraction of sp³-hybridized carbons (Fsp3) is 0.438. The average molecular weight is 275 g/mol. The molecule has 0 saturated heterocycles. The Kier molecular flexibility index (Phi) is 5.30. The molecule has 4 heteroatoms. The van der Waals surface area contributed by atoms with Crippen molar-refractivity contribution in [1.29, 1.82) is 0 Å². The lowest BCUT2D eigenvalue weighted by atomic mass is 10.0. The van der Waals surface area contributed by atoms with Gasteiger partial charge in [0.2, 0.25) is 0 Å². The molecule has 108 valence electrons. The number of aromatic nitrogens is 2. The first kappa shape index (κ1) is 14.7. The van der Waals surface area contributed by atoms with Crippen molar-refractivity contribution in [2.75, 3.05) is 6.54 Å². The molecule has 0 amide bonds. The first-order valence-electron chi connectivity index (χ1n) is 7.27. The molecule has 1 atom stereocenters. The minimum Gasteiger partial charge on any atom is -0.305 e. The molecule has 1 heterocycles. The largest absolute Gasteiger partial charge is 0.305 e. The Morgan fingerprint density at radius 3 is 2.70 bits per heavy atom. The summed E-state index contributed by atoms with van der Waals surface area (Å²) >= 11 is 0. The summed E-state index contributed by atoms with van der Waals surface area (Å²) in [6.07, 6.45) is 3.80. The van der Waals surface area contributed by atoms with Crippen molar-refractivity contribution in [2.45, 2.75) is 39.3 Å². The van der Waals surface area contributed by atoms with Crippen LogP contribution in [0.15, 0.2) is 36.5 Å². The van der Waals surface area contributed by atoms with E-state index in [1.807, 2.05) is 22.9 Å². The molecule has 0 fully saturated rings. The summed E-state index contributed by atoms with van der Waals surface area (Å²) in [6, 6.07) is 8.77. The van der Waals surface area contributed by atoms with E-state index < -0.39 is 0 Å².